The Morgan fingerprint density at radius 3 is 2.74 bits per heavy atom. The van der Waals surface area contributed by atoms with Crippen molar-refractivity contribution in [2.75, 3.05) is 13.1 Å². The number of likely N-dealkylation sites (tertiary alicyclic amines) is 1. The number of aryl methyl sites for hydroxylation is 2. The van der Waals surface area contributed by atoms with Crippen LogP contribution in [0.25, 0.3) is 10.6 Å². The summed E-state index contributed by atoms with van der Waals surface area (Å²) in [5, 5.41) is 5.57. The van der Waals surface area contributed by atoms with Gasteiger partial charge in [0.1, 0.15) is 12.0 Å². The normalized spacial score (nSPS) is 15.3. The van der Waals surface area contributed by atoms with Crippen molar-refractivity contribution in [3.05, 3.63) is 46.2 Å². The molecule has 0 aromatic carbocycles. The highest BCUT2D eigenvalue weighted by Crippen LogP contribution is 2.36. The molecular formula is C18H19ClN6OS. The van der Waals surface area contributed by atoms with E-state index in [2.05, 4.69) is 15.1 Å². The van der Waals surface area contributed by atoms with Crippen LogP contribution in [0, 0.1) is 6.92 Å². The summed E-state index contributed by atoms with van der Waals surface area (Å²) in [7, 11) is 1.73. The van der Waals surface area contributed by atoms with Gasteiger partial charge in [0.2, 0.25) is 0 Å². The third-order valence-electron chi connectivity index (χ3n) is 4.86. The zero-order valence-electron chi connectivity index (χ0n) is 15.1. The van der Waals surface area contributed by atoms with Crippen LogP contribution in [0.1, 0.15) is 39.9 Å². The maximum Gasteiger partial charge on any atom is 0.273 e. The minimum Gasteiger partial charge on any atom is -0.337 e. The largest absolute Gasteiger partial charge is 0.337 e. The Bertz CT molecular complexity index is 942. The van der Waals surface area contributed by atoms with Gasteiger partial charge in [-0.15, -0.1) is 11.3 Å². The molecule has 0 spiro atoms. The molecule has 0 N–H and O–H groups in total. The molecule has 140 valence electrons. The molecule has 1 aliphatic rings. The summed E-state index contributed by atoms with van der Waals surface area (Å²) >= 11 is 7.80. The first kappa shape index (κ1) is 18.1. The third-order valence-corrected chi connectivity index (χ3v) is 6.47. The molecule has 9 heteroatoms. The Kier molecular flexibility index (Phi) is 4.92. The summed E-state index contributed by atoms with van der Waals surface area (Å²) < 4.78 is 1.54. The molecule has 0 radical (unpaired) electrons. The van der Waals surface area contributed by atoms with E-state index in [0.29, 0.717) is 29.7 Å². The van der Waals surface area contributed by atoms with Crippen molar-refractivity contribution >= 4 is 28.8 Å². The fraction of sp³-hybridized carbons (Fsp3) is 0.389. The molecule has 7 nitrogen and oxygen atoms in total. The highest BCUT2D eigenvalue weighted by atomic mass is 35.5. The van der Waals surface area contributed by atoms with Gasteiger partial charge in [0.05, 0.1) is 32.5 Å². The predicted molar refractivity (Wildman–Crippen MR) is 104 cm³/mol. The average molecular weight is 403 g/mol. The van der Waals surface area contributed by atoms with Crippen LogP contribution in [0.5, 0.6) is 0 Å². The Morgan fingerprint density at radius 1 is 1.33 bits per heavy atom. The highest BCUT2D eigenvalue weighted by molar-refractivity contribution is 7.15. The summed E-state index contributed by atoms with van der Waals surface area (Å²) in [6.45, 7) is 3.39. The van der Waals surface area contributed by atoms with Gasteiger partial charge in [-0.25, -0.2) is 15.0 Å². The topological polar surface area (TPSA) is 76.8 Å². The van der Waals surface area contributed by atoms with E-state index in [9.17, 15) is 4.79 Å². The van der Waals surface area contributed by atoms with E-state index in [1.165, 1.54) is 10.9 Å². The summed E-state index contributed by atoms with van der Waals surface area (Å²) in [5.74, 6) is 0.297. The number of amides is 1. The van der Waals surface area contributed by atoms with Gasteiger partial charge >= 0.3 is 0 Å². The quantitative estimate of drug-likeness (QED) is 0.671. The van der Waals surface area contributed by atoms with Crippen LogP contribution in [0.15, 0.2) is 24.8 Å². The molecule has 0 bridgehead atoms. The van der Waals surface area contributed by atoms with Crippen LogP contribution < -0.4 is 0 Å². The number of hydrogen-bond acceptors (Lipinski definition) is 6. The second kappa shape index (κ2) is 7.36. The molecule has 0 unspecified atom stereocenters. The Hall–Kier alpha value is -2.32. The number of thiazole rings is 1. The number of halogens is 1. The fourth-order valence-corrected chi connectivity index (χ4v) is 4.84. The number of nitrogens with zero attached hydrogens (tertiary/aromatic N) is 6. The van der Waals surface area contributed by atoms with Gasteiger partial charge in [-0.3, -0.25) is 9.48 Å². The molecule has 1 amide bonds. The Labute approximate surface area is 166 Å². The lowest BCUT2D eigenvalue weighted by Crippen LogP contribution is -2.38. The second-order valence-electron chi connectivity index (χ2n) is 6.59. The zero-order chi connectivity index (χ0) is 19.0. The summed E-state index contributed by atoms with van der Waals surface area (Å²) in [5.41, 5.74) is 2.35. The number of aromatic nitrogens is 5. The van der Waals surface area contributed by atoms with Gasteiger partial charge in [0, 0.05) is 32.3 Å². The van der Waals surface area contributed by atoms with E-state index < -0.39 is 0 Å². The van der Waals surface area contributed by atoms with E-state index in [1.54, 1.807) is 30.9 Å². The molecular weight excluding hydrogens is 384 g/mol. The van der Waals surface area contributed by atoms with Gasteiger partial charge in [-0.05, 0) is 25.8 Å². The number of hydrogen-bond donors (Lipinski definition) is 0. The first-order valence-electron chi connectivity index (χ1n) is 8.75. The van der Waals surface area contributed by atoms with Crippen LogP contribution in [0.3, 0.4) is 0 Å². The lowest BCUT2D eigenvalue weighted by Gasteiger charge is -2.31. The average Bonchev–Trinajstić information content (AvgIpc) is 3.24. The van der Waals surface area contributed by atoms with E-state index in [4.69, 9.17) is 16.6 Å². The predicted octanol–water partition coefficient (Wildman–Crippen LogP) is 3.32. The van der Waals surface area contributed by atoms with Gasteiger partial charge in [-0.2, -0.15) is 5.10 Å². The van der Waals surface area contributed by atoms with Crippen LogP contribution in [-0.2, 0) is 7.05 Å². The van der Waals surface area contributed by atoms with Crippen molar-refractivity contribution in [2.45, 2.75) is 25.7 Å². The first-order chi connectivity index (χ1) is 13.0. The van der Waals surface area contributed by atoms with Gasteiger partial charge < -0.3 is 4.90 Å². The van der Waals surface area contributed by atoms with E-state index in [0.717, 1.165) is 34.1 Å². The van der Waals surface area contributed by atoms with Gasteiger partial charge in [-0.1, -0.05) is 11.6 Å². The van der Waals surface area contributed by atoms with Gasteiger partial charge in [0.25, 0.3) is 5.91 Å². The Balaban J connectivity index is 1.46. The molecule has 1 fully saturated rings. The van der Waals surface area contributed by atoms with Crippen molar-refractivity contribution in [3.8, 4) is 10.6 Å². The number of carbonyl (C=O) groups excluding carboxylic acids is 1. The minimum absolute atomic E-state index is 0.0598. The van der Waals surface area contributed by atoms with Gasteiger partial charge in [0.15, 0.2) is 0 Å². The lowest BCUT2D eigenvalue weighted by molar-refractivity contribution is 0.0702. The fourth-order valence-electron chi connectivity index (χ4n) is 3.39. The summed E-state index contributed by atoms with van der Waals surface area (Å²) in [4.78, 5) is 28.8. The maximum absolute atomic E-state index is 12.7. The number of piperidine rings is 1. The zero-order valence-corrected chi connectivity index (χ0v) is 16.7. The van der Waals surface area contributed by atoms with E-state index in [-0.39, 0.29) is 5.91 Å². The summed E-state index contributed by atoms with van der Waals surface area (Å²) in [6.07, 6.45) is 6.58. The molecule has 27 heavy (non-hydrogen) atoms. The van der Waals surface area contributed by atoms with Crippen LogP contribution in [-0.4, -0.2) is 48.6 Å². The second-order valence-corrected chi connectivity index (χ2v) is 8.03. The SMILES string of the molecule is Cc1nc(C2CCN(C(=O)c3c(Cl)cnn3C)CC2)sc1-c1ccncn1. The molecule has 4 rings (SSSR count). The van der Waals surface area contributed by atoms with E-state index >= 15 is 0 Å². The smallest absolute Gasteiger partial charge is 0.273 e. The van der Waals surface area contributed by atoms with E-state index in [1.807, 2.05) is 17.9 Å². The Morgan fingerprint density at radius 2 is 2.11 bits per heavy atom. The molecule has 1 saturated heterocycles. The minimum atomic E-state index is -0.0598. The van der Waals surface area contributed by atoms with Crippen molar-refractivity contribution in [1.82, 2.24) is 29.6 Å². The van der Waals surface area contributed by atoms with Crippen molar-refractivity contribution < 1.29 is 4.79 Å². The van der Waals surface area contributed by atoms with Crippen molar-refractivity contribution in [2.24, 2.45) is 7.05 Å². The van der Waals surface area contributed by atoms with Crippen LogP contribution in [0.2, 0.25) is 5.02 Å². The molecule has 0 atom stereocenters. The first-order valence-corrected chi connectivity index (χ1v) is 9.94. The lowest BCUT2D eigenvalue weighted by atomic mass is 9.97. The van der Waals surface area contributed by atoms with Crippen molar-refractivity contribution in [3.63, 3.8) is 0 Å². The molecule has 0 aliphatic carbocycles. The standard InChI is InChI=1S/C18H19ClN6OS/c1-11-16(14-3-6-20-10-21-14)27-17(23-11)12-4-7-25(8-5-12)18(26)15-13(19)9-22-24(15)2/h3,6,9-10,12H,4-5,7-8H2,1-2H3. The van der Waals surface area contributed by atoms with Crippen LogP contribution in [0.4, 0.5) is 0 Å². The van der Waals surface area contributed by atoms with Crippen molar-refractivity contribution in [1.29, 1.82) is 0 Å². The molecule has 3 aromatic heterocycles. The molecule has 3 aromatic rings. The monoisotopic (exact) mass is 402 g/mol. The molecule has 4 heterocycles. The molecule has 0 saturated carbocycles. The third kappa shape index (κ3) is 3.46. The highest BCUT2D eigenvalue weighted by Gasteiger charge is 2.29. The maximum atomic E-state index is 12.7. The van der Waals surface area contributed by atoms with Crippen LogP contribution >= 0.6 is 22.9 Å². The molecule has 1 aliphatic heterocycles. The summed E-state index contributed by atoms with van der Waals surface area (Å²) in [6, 6.07) is 1.91. The number of rotatable bonds is 3. The number of carbonyl (C=O) groups is 1.